The van der Waals surface area contributed by atoms with E-state index in [0.717, 1.165) is 29.5 Å². The average molecular weight is 403 g/mol. The summed E-state index contributed by atoms with van der Waals surface area (Å²) in [4.78, 5) is 12.4. The fraction of sp³-hybridized carbons (Fsp3) is 0.824. The van der Waals surface area contributed by atoms with Crippen LogP contribution in [0.1, 0.15) is 51.3 Å². The van der Waals surface area contributed by atoms with Gasteiger partial charge in [-0.3, -0.25) is 4.79 Å². The topological polar surface area (TPSA) is 85.8 Å². The second-order valence-corrected chi connectivity index (χ2v) is 9.47. The largest absolute Gasteiger partial charge is 0.453 e. The van der Waals surface area contributed by atoms with E-state index in [9.17, 15) is 18.0 Å². The molecule has 0 aliphatic heterocycles. The summed E-state index contributed by atoms with van der Waals surface area (Å²) in [7, 11) is 0. The maximum atomic E-state index is 12.7. The first-order valence-electron chi connectivity index (χ1n) is 9.36. The number of nitrogens with two attached hydrogens (primary N) is 1. The van der Waals surface area contributed by atoms with E-state index in [2.05, 4.69) is 22.4 Å². The summed E-state index contributed by atoms with van der Waals surface area (Å²) in [5.74, 6) is 6.26. The van der Waals surface area contributed by atoms with Crippen LogP contribution < -0.4 is 11.2 Å². The van der Waals surface area contributed by atoms with E-state index < -0.39 is 12.0 Å². The van der Waals surface area contributed by atoms with Crippen molar-refractivity contribution in [2.45, 2.75) is 62.8 Å². The molecule has 0 radical (unpaired) electrons. The van der Waals surface area contributed by atoms with Gasteiger partial charge in [-0.25, -0.2) is 4.68 Å². The van der Waals surface area contributed by atoms with Crippen molar-refractivity contribution in [1.29, 1.82) is 0 Å². The first-order valence-corrected chi connectivity index (χ1v) is 10.3. The summed E-state index contributed by atoms with van der Waals surface area (Å²) in [5, 5.41) is 9.46. The van der Waals surface area contributed by atoms with Crippen molar-refractivity contribution in [2.24, 2.45) is 23.2 Å². The molecule has 3 N–H and O–H groups in total. The molecule has 1 amide bonds. The van der Waals surface area contributed by atoms with Gasteiger partial charge in [0.25, 0.3) is 5.82 Å². The van der Waals surface area contributed by atoms with Crippen LogP contribution in [0.3, 0.4) is 0 Å². The quantitative estimate of drug-likeness (QED) is 0.583. The van der Waals surface area contributed by atoms with Gasteiger partial charge in [0.1, 0.15) is 0 Å². The maximum Gasteiger partial charge on any atom is 0.453 e. The van der Waals surface area contributed by atoms with Crippen molar-refractivity contribution in [3.8, 4) is 0 Å². The molecule has 1 aromatic rings. The van der Waals surface area contributed by atoms with Crippen LogP contribution in [0.25, 0.3) is 0 Å². The lowest BCUT2D eigenvalue weighted by Gasteiger charge is -2.59. The summed E-state index contributed by atoms with van der Waals surface area (Å²) in [6, 6.07) is 0.0699. The van der Waals surface area contributed by atoms with E-state index in [1.165, 1.54) is 38.5 Å². The molecule has 1 aromatic heterocycles. The minimum Gasteiger partial charge on any atom is -0.352 e. The summed E-state index contributed by atoms with van der Waals surface area (Å²) in [6.07, 6.45) is 2.88. The molecule has 5 rings (SSSR count). The Morgan fingerprint density at radius 3 is 2.30 bits per heavy atom. The zero-order valence-corrected chi connectivity index (χ0v) is 15.9. The molecule has 0 saturated heterocycles. The molecule has 150 valence electrons. The number of hydrogen-bond acceptors (Lipinski definition) is 5. The lowest BCUT2D eigenvalue weighted by Crippen LogP contribution is -2.56. The number of halogens is 3. The molecule has 0 spiro atoms. The third-order valence-corrected chi connectivity index (χ3v) is 7.58. The van der Waals surface area contributed by atoms with Crippen LogP contribution in [0.2, 0.25) is 0 Å². The Balaban J connectivity index is 1.34. The predicted octanol–water partition coefficient (Wildman–Crippen LogP) is 2.82. The Kier molecular flexibility index (Phi) is 4.59. The number of alkyl halides is 3. The van der Waals surface area contributed by atoms with E-state index in [0.29, 0.717) is 4.68 Å². The van der Waals surface area contributed by atoms with E-state index >= 15 is 0 Å². The molecular weight excluding hydrogens is 379 g/mol. The smallest absolute Gasteiger partial charge is 0.352 e. The van der Waals surface area contributed by atoms with Crippen molar-refractivity contribution in [2.75, 3.05) is 11.6 Å². The van der Waals surface area contributed by atoms with Gasteiger partial charge in [-0.2, -0.15) is 13.2 Å². The first kappa shape index (κ1) is 18.9. The van der Waals surface area contributed by atoms with Crippen LogP contribution in [0.15, 0.2) is 5.16 Å². The standard InChI is InChI=1S/C17H24F3N5OS/c1-9(16-5-10-2-11(6-16)4-12(3-10)7-16)22-13(26)8-27-15-24-23-14(25(15)21)17(18,19)20/h9-12H,2-8,21H2,1H3,(H,22,26). The van der Waals surface area contributed by atoms with Crippen molar-refractivity contribution in [1.82, 2.24) is 20.2 Å². The summed E-state index contributed by atoms with van der Waals surface area (Å²) >= 11 is 0.863. The van der Waals surface area contributed by atoms with Gasteiger partial charge in [0.15, 0.2) is 0 Å². The number of nitrogens with one attached hydrogen (secondary N) is 1. The molecule has 27 heavy (non-hydrogen) atoms. The summed E-state index contributed by atoms with van der Waals surface area (Å²) in [6.45, 7) is 2.07. The molecule has 10 heteroatoms. The molecule has 6 nitrogen and oxygen atoms in total. The Morgan fingerprint density at radius 1 is 1.26 bits per heavy atom. The molecule has 1 unspecified atom stereocenters. The number of nitrogens with zero attached hydrogens (tertiary/aromatic N) is 3. The number of nitrogen functional groups attached to an aromatic ring is 1. The van der Waals surface area contributed by atoms with Crippen LogP contribution in [0.4, 0.5) is 13.2 Å². The second-order valence-electron chi connectivity index (χ2n) is 8.53. The third kappa shape index (κ3) is 3.52. The fourth-order valence-corrected chi connectivity index (χ4v) is 6.51. The third-order valence-electron chi connectivity index (χ3n) is 6.63. The lowest BCUT2D eigenvalue weighted by molar-refractivity contribution is -0.146. The maximum absolute atomic E-state index is 12.7. The van der Waals surface area contributed by atoms with E-state index in [-0.39, 0.29) is 28.3 Å². The highest BCUT2D eigenvalue weighted by molar-refractivity contribution is 7.99. The molecule has 4 aliphatic rings. The lowest BCUT2D eigenvalue weighted by atomic mass is 9.48. The number of amides is 1. The van der Waals surface area contributed by atoms with Gasteiger partial charge in [0.05, 0.1) is 5.75 Å². The highest BCUT2D eigenvalue weighted by Gasteiger charge is 2.53. The number of carbonyl (C=O) groups is 1. The molecule has 1 atom stereocenters. The van der Waals surface area contributed by atoms with Crippen molar-refractivity contribution in [3.63, 3.8) is 0 Å². The van der Waals surface area contributed by atoms with Crippen molar-refractivity contribution in [3.05, 3.63) is 5.82 Å². The molecule has 0 aromatic carbocycles. The van der Waals surface area contributed by atoms with Gasteiger partial charge in [0.2, 0.25) is 11.1 Å². The SMILES string of the molecule is CC(NC(=O)CSc1nnc(C(F)(F)F)n1N)C12CC3CC(CC(C3)C1)C2. The highest BCUT2D eigenvalue weighted by atomic mass is 32.2. The molecule has 4 fully saturated rings. The fourth-order valence-electron chi connectivity index (χ4n) is 5.84. The Hall–Kier alpha value is -1.45. The number of carbonyl (C=O) groups excluding carboxylic acids is 1. The first-order chi connectivity index (χ1) is 12.7. The minimum atomic E-state index is -4.67. The van der Waals surface area contributed by atoms with Crippen LogP contribution in [0.5, 0.6) is 0 Å². The van der Waals surface area contributed by atoms with E-state index in [1.807, 2.05) is 0 Å². The summed E-state index contributed by atoms with van der Waals surface area (Å²) < 4.78 is 38.5. The molecule has 4 aliphatic carbocycles. The number of hydrogen-bond donors (Lipinski definition) is 2. The Labute approximate surface area is 159 Å². The highest BCUT2D eigenvalue weighted by Crippen LogP contribution is 2.61. The molecule has 4 bridgehead atoms. The normalized spacial score (nSPS) is 33.3. The Bertz CT molecular complexity index is 699. The van der Waals surface area contributed by atoms with Gasteiger partial charge in [0, 0.05) is 6.04 Å². The van der Waals surface area contributed by atoms with Gasteiger partial charge >= 0.3 is 6.18 Å². The number of rotatable bonds is 5. The second kappa shape index (κ2) is 6.56. The van der Waals surface area contributed by atoms with Crippen LogP contribution >= 0.6 is 11.8 Å². The minimum absolute atomic E-state index is 0.0378. The van der Waals surface area contributed by atoms with Crippen molar-refractivity contribution >= 4 is 17.7 Å². The van der Waals surface area contributed by atoms with Crippen LogP contribution in [-0.2, 0) is 11.0 Å². The predicted molar refractivity (Wildman–Crippen MR) is 94.1 cm³/mol. The van der Waals surface area contributed by atoms with Gasteiger partial charge < -0.3 is 11.2 Å². The van der Waals surface area contributed by atoms with Crippen LogP contribution in [0, 0.1) is 23.2 Å². The molecule has 1 heterocycles. The molecular formula is C17H24F3N5OS. The Morgan fingerprint density at radius 2 is 1.81 bits per heavy atom. The summed E-state index contributed by atoms with van der Waals surface area (Å²) in [5.41, 5.74) is 0.187. The van der Waals surface area contributed by atoms with Gasteiger partial charge in [-0.15, -0.1) is 10.2 Å². The average Bonchev–Trinajstić information content (AvgIpc) is 2.92. The van der Waals surface area contributed by atoms with E-state index in [4.69, 9.17) is 5.84 Å². The van der Waals surface area contributed by atoms with Crippen molar-refractivity contribution < 1.29 is 18.0 Å². The number of aromatic nitrogens is 3. The monoisotopic (exact) mass is 403 g/mol. The zero-order valence-electron chi connectivity index (χ0n) is 15.1. The molecule has 4 saturated carbocycles. The van der Waals surface area contributed by atoms with Crippen LogP contribution in [-0.4, -0.2) is 32.6 Å². The van der Waals surface area contributed by atoms with Gasteiger partial charge in [-0.05, 0) is 68.6 Å². The van der Waals surface area contributed by atoms with E-state index in [1.54, 1.807) is 0 Å². The number of thioether (sulfide) groups is 1. The van der Waals surface area contributed by atoms with Gasteiger partial charge in [-0.1, -0.05) is 11.8 Å². The zero-order chi connectivity index (χ0) is 19.4.